The Labute approximate surface area is 126 Å². The summed E-state index contributed by atoms with van der Waals surface area (Å²) in [4.78, 5) is 26.2. The summed E-state index contributed by atoms with van der Waals surface area (Å²) in [5.41, 5.74) is 2.09. The first kappa shape index (κ1) is 15.5. The largest absolute Gasteiger partial charge is 0.354 e. The van der Waals surface area contributed by atoms with E-state index >= 15 is 0 Å². The van der Waals surface area contributed by atoms with Crippen LogP contribution in [0.1, 0.15) is 45.6 Å². The van der Waals surface area contributed by atoms with Crippen molar-refractivity contribution in [2.75, 3.05) is 11.4 Å². The van der Waals surface area contributed by atoms with Gasteiger partial charge in [-0.2, -0.15) is 0 Å². The van der Waals surface area contributed by atoms with Gasteiger partial charge < -0.3 is 10.2 Å². The van der Waals surface area contributed by atoms with Crippen molar-refractivity contribution in [1.29, 1.82) is 0 Å². The van der Waals surface area contributed by atoms with Crippen molar-refractivity contribution in [3.05, 3.63) is 29.8 Å². The van der Waals surface area contributed by atoms with Crippen molar-refractivity contribution < 1.29 is 9.59 Å². The third kappa shape index (κ3) is 3.43. The number of para-hydroxylation sites is 1. The summed E-state index contributed by atoms with van der Waals surface area (Å²) in [6.45, 7) is 8.56. The Kier molecular flexibility index (Phi) is 4.66. The average Bonchev–Trinajstić information content (AvgIpc) is 2.80. The van der Waals surface area contributed by atoms with Gasteiger partial charge in [-0.05, 0) is 31.4 Å². The zero-order valence-corrected chi connectivity index (χ0v) is 13.2. The highest BCUT2D eigenvalue weighted by Gasteiger charge is 2.36. The van der Waals surface area contributed by atoms with Crippen molar-refractivity contribution in [3.63, 3.8) is 0 Å². The van der Waals surface area contributed by atoms with E-state index in [0.717, 1.165) is 11.3 Å². The van der Waals surface area contributed by atoms with Crippen LogP contribution in [0.25, 0.3) is 0 Å². The zero-order chi connectivity index (χ0) is 15.6. The van der Waals surface area contributed by atoms with Crippen LogP contribution >= 0.6 is 0 Å². The lowest BCUT2D eigenvalue weighted by Crippen LogP contribution is -2.37. The number of benzene rings is 1. The molecule has 1 aromatic carbocycles. The highest BCUT2D eigenvalue weighted by Crippen LogP contribution is 2.32. The Morgan fingerprint density at radius 1 is 1.24 bits per heavy atom. The third-order valence-corrected chi connectivity index (χ3v) is 3.78. The molecule has 0 saturated carbocycles. The molecule has 21 heavy (non-hydrogen) atoms. The monoisotopic (exact) mass is 288 g/mol. The van der Waals surface area contributed by atoms with Crippen LogP contribution in [0.4, 0.5) is 5.69 Å². The topological polar surface area (TPSA) is 49.4 Å². The van der Waals surface area contributed by atoms with Gasteiger partial charge in [0.1, 0.15) is 0 Å². The van der Waals surface area contributed by atoms with Crippen LogP contribution in [0.3, 0.4) is 0 Å². The molecule has 0 radical (unpaired) electrons. The average molecular weight is 288 g/mol. The van der Waals surface area contributed by atoms with Crippen LogP contribution in [0.15, 0.2) is 24.3 Å². The molecule has 2 rings (SSSR count). The van der Waals surface area contributed by atoms with Crippen molar-refractivity contribution in [2.24, 2.45) is 5.92 Å². The molecule has 114 valence electrons. The fourth-order valence-electron chi connectivity index (χ4n) is 2.74. The first-order valence-electron chi connectivity index (χ1n) is 7.59. The first-order valence-corrected chi connectivity index (χ1v) is 7.59. The SMILES string of the molecule is CC(C)NC(=O)C1CC(=O)N(c2ccccc2C(C)C)C1. The molecule has 1 aromatic rings. The van der Waals surface area contributed by atoms with Crippen LogP contribution < -0.4 is 10.2 Å². The number of carbonyl (C=O) groups is 2. The Bertz CT molecular complexity index is 537. The van der Waals surface area contributed by atoms with Crippen LogP contribution in [0.2, 0.25) is 0 Å². The molecule has 1 fully saturated rings. The van der Waals surface area contributed by atoms with Gasteiger partial charge in [0.05, 0.1) is 5.92 Å². The van der Waals surface area contributed by atoms with Crippen molar-refractivity contribution in [3.8, 4) is 0 Å². The number of rotatable bonds is 4. The molecule has 1 N–H and O–H groups in total. The number of anilines is 1. The molecule has 1 unspecified atom stereocenters. The molecule has 1 saturated heterocycles. The highest BCUT2D eigenvalue weighted by atomic mass is 16.2. The molecule has 4 nitrogen and oxygen atoms in total. The Morgan fingerprint density at radius 2 is 1.90 bits per heavy atom. The molecular weight excluding hydrogens is 264 g/mol. The third-order valence-electron chi connectivity index (χ3n) is 3.78. The number of carbonyl (C=O) groups excluding carboxylic acids is 2. The Morgan fingerprint density at radius 3 is 2.52 bits per heavy atom. The number of nitrogens with one attached hydrogen (secondary N) is 1. The molecule has 0 spiro atoms. The Hall–Kier alpha value is -1.84. The van der Waals surface area contributed by atoms with E-state index in [1.165, 1.54) is 0 Å². The van der Waals surface area contributed by atoms with Gasteiger partial charge >= 0.3 is 0 Å². The number of hydrogen-bond donors (Lipinski definition) is 1. The van der Waals surface area contributed by atoms with Crippen molar-refractivity contribution in [1.82, 2.24) is 5.32 Å². The van der Waals surface area contributed by atoms with E-state index in [-0.39, 0.29) is 23.8 Å². The fourth-order valence-corrected chi connectivity index (χ4v) is 2.74. The van der Waals surface area contributed by atoms with Gasteiger partial charge in [-0.15, -0.1) is 0 Å². The second-order valence-corrected chi connectivity index (χ2v) is 6.28. The second kappa shape index (κ2) is 6.29. The lowest BCUT2D eigenvalue weighted by molar-refractivity contribution is -0.126. The van der Waals surface area contributed by atoms with Crippen LogP contribution in [0, 0.1) is 5.92 Å². The fraction of sp³-hybridized carbons (Fsp3) is 0.529. The summed E-state index contributed by atoms with van der Waals surface area (Å²) in [6, 6.07) is 8.05. The summed E-state index contributed by atoms with van der Waals surface area (Å²) in [5.74, 6) is 0.104. The van der Waals surface area contributed by atoms with Crippen LogP contribution in [-0.4, -0.2) is 24.4 Å². The summed E-state index contributed by atoms with van der Waals surface area (Å²) >= 11 is 0. The van der Waals surface area contributed by atoms with Gasteiger partial charge in [-0.25, -0.2) is 0 Å². The normalized spacial score (nSPS) is 18.7. The summed E-state index contributed by atoms with van der Waals surface area (Å²) in [6.07, 6.45) is 0.297. The summed E-state index contributed by atoms with van der Waals surface area (Å²) in [5, 5.41) is 2.90. The predicted octanol–water partition coefficient (Wildman–Crippen LogP) is 2.69. The minimum absolute atomic E-state index is 0.0251. The van der Waals surface area contributed by atoms with E-state index in [9.17, 15) is 9.59 Å². The number of amides is 2. The maximum absolute atomic E-state index is 12.3. The quantitative estimate of drug-likeness (QED) is 0.926. The summed E-state index contributed by atoms with van der Waals surface area (Å²) in [7, 11) is 0. The lowest BCUT2D eigenvalue weighted by Gasteiger charge is -2.22. The molecule has 1 heterocycles. The van der Waals surface area contributed by atoms with Gasteiger partial charge in [-0.1, -0.05) is 32.0 Å². The highest BCUT2D eigenvalue weighted by molar-refractivity contribution is 6.00. The van der Waals surface area contributed by atoms with E-state index in [4.69, 9.17) is 0 Å². The van der Waals surface area contributed by atoms with E-state index in [1.807, 2.05) is 32.0 Å². The van der Waals surface area contributed by atoms with Gasteiger partial charge in [0.2, 0.25) is 11.8 Å². The first-order chi connectivity index (χ1) is 9.90. The van der Waals surface area contributed by atoms with Gasteiger partial charge in [-0.3, -0.25) is 9.59 Å². The molecule has 1 aliphatic heterocycles. The molecule has 1 atom stereocenters. The standard InChI is InChI=1S/C17H24N2O2/c1-11(2)14-7-5-6-8-15(14)19-10-13(9-16(19)20)17(21)18-12(3)4/h5-8,11-13H,9-10H2,1-4H3,(H,18,21). The smallest absolute Gasteiger partial charge is 0.227 e. The van der Waals surface area contributed by atoms with E-state index in [1.54, 1.807) is 4.90 Å². The van der Waals surface area contributed by atoms with Crippen LogP contribution in [-0.2, 0) is 9.59 Å². The maximum Gasteiger partial charge on any atom is 0.227 e. The summed E-state index contributed by atoms with van der Waals surface area (Å²) < 4.78 is 0. The molecule has 1 aliphatic rings. The van der Waals surface area contributed by atoms with E-state index in [2.05, 4.69) is 25.2 Å². The molecule has 4 heteroatoms. The Balaban J connectivity index is 2.19. The van der Waals surface area contributed by atoms with Crippen molar-refractivity contribution >= 4 is 17.5 Å². The second-order valence-electron chi connectivity index (χ2n) is 6.28. The van der Waals surface area contributed by atoms with E-state index in [0.29, 0.717) is 18.9 Å². The molecule has 2 amide bonds. The van der Waals surface area contributed by atoms with Gasteiger partial charge in [0, 0.05) is 24.7 Å². The molecule has 0 aromatic heterocycles. The molecule has 0 aliphatic carbocycles. The number of nitrogens with zero attached hydrogens (tertiary/aromatic N) is 1. The van der Waals surface area contributed by atoms with Gasteiger partial charge in [0.25, 0.3) is 0 Å². The maximum atomic E-state index is 12.3. The predicted molar refractivity (Wildman–Crippen MR) is 84.3 cm³/mol. The molecular formula is C17H24N2O2. The molecule has 0 bridgehead atoms. The zero-order valence-electron chi connectivity index (χ0n) is 13.2. The van der Waals surface area contributed by atoms with Crippen molar-refractivity contribution in [2.45, 2.75) is 46.1 Å². The lowest BCUT2D eigenvalue weighted by atomic mass is 10.0. The number of hydrogen-bond acceptors (Lipinski definition) is 2. The van der Waals surface area contributed by atoms with Crippen LogP contribution in [0.5, 0.6) is 0 Å². The minimum Gasteiger partial charge on any atom is -0.354 e. The van der Waals surface area contributed by atoms with E-state index < -0.39 is 0 Å². The minimum atomic E-state index is -0.250. The van der Waals surface area contributed by atoms with Gasteiger partial charge in [0.15, 0.2) is 0 Å².